The van der Waals surface area contributed by atoms with Crippen LogP contribution in [-0.2, 0) is 26.2 Å². The van der Waals surface area contributed by atoms with E-state index < -0.39 is 28.5 Å². The van der Waals surface area contributed by atoms with E-state index in [1.54, 1.807) is 36.4 Å². The van der Waals surface area contributed by atoms with Gasteiger partial charge in [-0.05, 0) is 60.9 Å². The number of carbonyl (C=O) groups excluding carboxylic acids is 2. The van der Waals surface area contributed by atoms with Crippen molar-refractivity contribution in [3.05, 3.63) is 90.0 Å². The van der Waals surface area contributed by atoms with Crippen LogP contribution in [0.15, 0.2) is 83.8 Å². The highest BCUT2D eigenvalue weighted by atomic mass is 32.2. The van der Waals surface area contributed by atoms with E-state index in [0.29, 0.717) is 31.1 Å². The van der Waals surface area contributed by atoms with E-state index in [4.69, 9.17) is 9.47 Å². The third-order valence-electron chi connectivity index (χ3n) is 5.49. The van der Waals surface area contributed by atoms with E-state index in [1.165, 1.54) is 16.4 Å². The lowest BCUT2D eigenvalue weighted by atomic mass is 10.2. The lowest BCUT2D eigenvalue weighted by Gasteiger charge is -2.16. The van der Waals surface area contributed by atoms with Crippen LogP contribution >= 0.6 is 0 Å². The van der Waals surface area contributed by atoms with Gasteiger partial charge in [-0.2, -0.15) is 4.31 Å². The van der Waals surface area contributed by atoms with Gasteiger partial charge in [-0.25, -0.2) is 13.2 Å². The first-order chi connectivity index (χ1) is 16.9. The van der Waals surface area contributed by atoms with Crippen LogP contribution in [0.4, 0.5) is 5.69 Å². The summed E-state index contributed by atoms with van der Waals surface area (Å²) in [5.74, 6) is -0.621. The van der Waals surface area contributed by atoms with E-state index in [-0.39, 0.29) is 10.5 Å². The van der Waals surface area contributed by atoms with Crippen molar-refractivity contribution in [1.29, 1.82) is 0 Å². The molecule has 0 aromatic heterocycles. The fraction of sp³-hybridized carbons (Fsp3) is 0.231. The Morgan fingerprint density at radius 1 is 0.886 bits per heavy atom. The average Bonchev–Trinajstić information content (AvgIpc) is 3.43. The predicted molar refractivity (Wildman–Crippen MR) is 131 cm³/mol. The summed E-state index contributed by atoms with van der Waals surface area (Å²) in [5, 5.41) is 2.57. The Bertz CT molecular complexity index is 1270. The van der Waals surface area contributed by atoms with Crippen molar-refractivity contribution in [1.82, 2.24) is 4.31 Å². The van der Waals surface area contributed by atoms with Crippen molar-refractivity contribution in [3.63, 3.8) is 0 Å². The molecule has 35 heavy (non-hydrogen) atoms. The molecule has 3 aromatic rings. The molecule has 8 nitrogen and oxygen atoms in total. The first-order valence-electron chi connectivity index (χ1n) is 11.3. The molecular weight excluding hydrogens is 468 g/mol. The number of nitrogens with one attached hydrogen (secondary N) is 1. The van der Waals surface area contributed by atoms with Crippen LogP contribution in [0.3, 0.4) is 0 Å². The fourth-order valence-electron chi connectivity index (χ4n) is 3.65. The summed E-state index contributed by atoms with van der Waals surface area (Å²) >= 11 is 0. The normalized spacial score (nSPS) is 13.8. The molecule has 0 spiro atoms. The highest BCUT2D eigenvalue weighted by Crippen LogP contribution is 2.23. The summed E-state index contributed by atoms with van der Waals surface area (Å²) in [6, 6.07) is 22.2. The minimum absolute atomic E-state index is 0.115. The number of rotatable bonds is 9. The maximum Gasteiger partial charge on any atom is 0.338 e. The Kier molecular flexibility index (Phi) is 7.79. The van der Waals surface area contributed by atoms with Crippen LogP contribution in [0.25, 0.3) is 0 Å². The Balaban J connectivity index is 1.27. The number of hydrogen-bond acceptors (Lipinski definition) is 6. The van der Waals surface area contributed by atoms with Crippen LogP contribution in [-0.4, -0.2) is 44.3 Å². The largest absolute Gasteiger partial charge is 0.489 e. The number of benzene rings is 3. The Hall–Kier alpha value is -3.69. The molecular formula is C26H26N2O6S. The first-order valence-corrected chi connectivity index (χ1v) is 12.7. The number of ether oxygens (including phenoxy) is 2. The second-order valence-electron chi connectivity index (χ2n) is 8.06. The van der Waals surface area contributed by atoms with Gasteiger partial charge in [0.25, 0.3) is 5.91 Å². The number of carbonyl (C=O) groups is 2. The van der Waals surface area contributed by atoms with Gasteiger partial charge in [0.2, 0.25) is 10.0 Å². The van der Waals surface area contributed by atoms with Crippen LogP contribution in [0, 0.1) is 0 Å². The number of amides is 1. The number of esters is 1. The van der Waals surface area contributed by atoms with Crippen molar-refractivity contribution < 1.29 is 27.5 Å². The van der Waals surface area contributed by atoms with Gasteiger partial charge in [0.15, 0.2) is 6.61 Å². The molecule has 3 aromatic carbocycles. The molecule has 9 heteroatoms. The van der Waals surface area contributed by atoms with E-state index in [1.807, 2.05) is 30.3 Å². The van der Waals surface area contributed by atoms with Gasteiger partial charge in [-0.3, -0.25) is 4.79 Å². The fourth-order valence-corrected chi connectivity index (χ4v) is 5.21. The average molecular weight is 495 g/mol. The van der Waals surface area contributed by atoms with Crippen molar-refractivity contribution in [3.8, 4) is 5.75 Å². The molecule has 182 valence electrons. The van der Waals surface area contributed by atoms with Crippen LogP contribution < -0.4 is 10.1 Å². The number of hydrogen-bond donors (Lipinski definition) is 1. The monoisotopic (exact) mass is 494 g/mol. The quantitative estimate of drug-likeness (QED) is 0.454. The van der Waals surface area contributed by atoms with Gasteiger partial charge < -0.3 is 14.8 Å². The highest BCUT2D eigenvalue weighted by Gasteiger charge is 2.27. The van der Waals surface area contributed by atoms with Crippen LogP contribution in [0.5, 0.6) is 5.75 Å². The smallest absolute Gasteiger partial charge is 0.338 e. The molecule has 0 aliphatic carbocycles. The summed E-state index contributed by atoms with van der Waals surface area (Å²) in [6.07, 6.45) is 1.68. The lowest BCUT2D eigenvalue weighted by Crippen LogP contribution is -2.28. The van der Waals surface area contributed by atoms with Crippen LogP contribution in [0.2, 0.25) is 0 Å². The molecule has 4 rings (SSSR count). The molecule has 1 N–H and O–H groups in total. The van der Waals surface area contributed by atoms with E-state index in [0.717, 1.165) is 18.4 Å². The molecule has 0 bridgehead atoms. The predicted octanol–water partition coefficient (Wildman–Crippen LogP) is 3.85. The van der Waals surface area contributed by atoms with Crippen molar-refractivity contribution in [2.75, 3.05) is 25.0 Å². The Morgan fingerprint density at radius 2 is 1.60 bits per heavy atom. The summed E-state index contributed by atoms with van der Waals surface area (Å²) < 4.78 is 37.7. The number of sulfonamides is 1. The van der Waals surface area contributed by atoms with Gasteiger partial charge in [-0.1, -0.05) is 36.4 Å². The second kappa shape index (κ2) is 11.2. The molecule has 1 amide bonds. The number of anilines is 1. The molecule has 1 aliphatic heterocycles. The van der Waals surface area contributed by atoms with E-state index in [9.17, 15) is 18.0 Å². The van der Waals surface area contributed by atoms with Crippen molar-refractivity contribution >= 4 is 27.6 Å². The van der Waals surface area contributed by atoms with Crippen molar-refractivity contribution in [2.24, 2.45) is 0 Å². The molecule has 0 unspecified atom stereocenters. The van der Waals surface area contributed by atoms with Gasteiger partial charge in [0.05, 0.1) is 10.5 Å². The second-order valence-corrected chi connectivity index (χ2v) is 10.00. The molecule has 0 radical (unpaired) electrons. The maximum absolute atomic E-state index is 12.7. The third kappa shape index (κ3) is 6.46. The van der Waals surface area contributed by atoms with E-state index in [2.05, 4.69) is 5.32 Å². The SMILES string of the molecule is O=C(COC(=O)c1ccc(OCc2ccccc2)cc1)Nc1cccc(S(=O)(=O)N2CCCC2)c1. The Labute approximate surface area is 204 Å². The molecule has 1 aliphatic rings. The lowest BCUT2D eigenvalue weighted by molar-refractivity contribution is -0.119. The van der Waals surface area contributed by atoms with Gasteiger partial charge in [0, 0.05) is 18.8 Å². The number of nitrogens with zero attached hydrogens (tertiary/aromatic N) is 1. The summed E-state index contributed by atoms with van der Waals surface area (Å²) in [6.45, 7) is 0.892. The van der Waals surface area contributed by atoms with Crippen molar-refractivity contribution in [2.45, 2.75) is 24.3 Å². The third-order valence-corrected chi connectivity index (χ3v) is 7.39. The van der Waals surface area contributed by atoms with Gasteiger partial charge in [0.1, 0.15) is 12.4 Å². The summed E-state index contributed by atoms with van der Waals surface area (Å²) in [5.41, 5.74) is 1.62. The zero-order valence-electron chi connectivity index (χ0n) is 19.1. The van der Waals surface area contributed by atoms with Crippen LogP contribution in [0.1, 0.15) is 28.8 Å². The maximum atomic E-state index is 12.7. The Morgan fingerprint density at radius 3 is 2.31 bits per heavy atom. The standard InChI is InChI=1S/C26H26N2O6S/c29-25(27-22-9-6-10-24(17-22)35(31,32)28-15-4-5-16-28)19-34-26(30)21-11-13-23(14-12-21)33-18-20-7-2-1-3-8-20/h1-3,6-14,17H,4-5,15-16,18-19H2,(H,27,29). The molecule has 0 atom stereocenters. The molecule has 0 saturated carbocycles. The molecule has 1 saturated heterocycles. The molecule has 1 fully saturated rings. The zero-order chi connectivity index (χ0) is 24.7. The summed E-state index contributed by atoms with van der Waals surface area (Å²) in [7, 11) is -3.60. The summed E-state index contributed by atoms with van der Waals surface area (Å²) in [4.78, 5) is 24.7. The topological polar surface area (TPSA) is 102 Å². The zero-order valence-corrected chi connectivity index (χ0v) is 19.9. The van der Waals surface area contributed by atoms with Gasteiger partial charge >= 0.3 is 5.97 Å². The van der Waals surface area contributed by atoms with Gasteiger partial charge in [-0.15, -0.1) is 0 Å². The molecule has 1 heterocycles. The highest BCUT2D eigenvalue weighted by molar-refractivity contribution is 7.89. The minimum atomic E-state index is -3.60. The minimum Gasteiger partial charge on any atom is -0.489 e. The van der Waals surface area contributed by atoms with E-state index >= 15 is 0 Å². The first kappa shape index (κ1) is 24.4.